The lowest BCUT2D eigenvalue weighted by atomic mass is 10.0. The number of nitrogens with zero attached hydrogens (tertiary/aromatic N) is 1. The number of hydrogen-bond donors (Lipinski definition) is 1. The largest absolute Gasteiger partial charge is 0.497 e. The third kappa shape index (κ3) is 5.34. The fourth-order valence-corrected chi connectivity index (χ4v) is 2.54. The molecule has 0 radical (unpaired) electrons. The first-order valence-electron chi connectivity index (χ1n) is 8.37. The zero-order chi connectivity index (χ0) is 19.8. The van der Waals surface area contributed by atoms with Gasteiger partial charge in [0.2, 0.25) is 5.75 Å². The first kappa shape index (κ1) is 20.0. The minimum Gasteiger partial charge on any atom is -0.497 e. The summed E-state index contributed by atoms with van der Waals surface area (Å²) in [5.41, 5.74) is 0.795. The van der Waals surface area contributed by atoms with E-state index in [0.717, 1.165) is 11.3 Å². The number of nitro groups is 1. The van der Waals surface area contributed by atoms with E-state index in [0.29, 0.717) is 12.2 Å². The number of methoxy groups -OCH3 is 2. The van der Waals surface area contributed by atoms with Crippen LogP contribution in [0.15, 0.2) is 42.5 Å². The van der Waals surface area contributed by atoms with Gasteiger partial charge in [-0.25, -0.2) is 0 Å². The topological polar surface area (TPSA) is 99.9 Å². The predicted octanol–water partition coefficient (Wildman–Crippen LogP) is 3.26. The number of amides is 1. The molecule has 0 spiro atoms. The summed E-state index contributed by atoms with van der Waals surface area (Å²) in [6.45, 7) is 1.75. The highest BCUT2D eigenvalue weighted by Gasteiger charge is 2.17. The monoisotopic (exact) mass is 374 g/mol. The van der Waals surface area contributed by atoms with Gasteiger partial charge < -0.3 is 19.5 Å². The maximum atomic E-state index is 12.2. The van der Waals surface area contributed by atoms with E-state index < -0.39 is 4.92 Å². The van der Waals surface area contributed by atoms with Gasteiger partial charge in [0, 0.05) is 12.1 Å². The average Bonchev–Trinajstić information content (AvgIpc) is 2.70. The van der Waals surface area contributed by atoms with E-state index in [4.69, 9.17) is 14.2 Å². The molecule has 2 rings (SSSR count). The summed E-state index contributed by atoms with van der Waals surface area (Å²) >= 11 is 0. The van der Waals surface area contributed by atoms with Gasteiger partial charge in [-0.2, -0.15) is 0 Å². The lowest BCUT2D eigenvalue weighted by Gasteiger charge is -2.18. The molecule has 0 saturated heterocycles. The molecule has 0 saturated carbocycles. The van der Waals surface area contributed by atoms with E-state index in [1.54, 1.807) is 7.11 Å². The van der Waals surface area contributed by atoms with E-state index >= 15 is 0 Å². The lowest BCUT2D eigenvalue weighted by molar-refractivity contribution is -0.385. The molecule has 1 amide bonds. The minimum atomic E-state index is -0.546. The van der Waals surface area contributed by atoms with Gasteiger partial charge in [-0.15, -0.1) is 0 Å². The van der Waals surface area contributed by atoms with Crippen LogP contribution in [0.5, 0.6) is 17.2 Å². The highest BCUT2D eigenvalue weighted by atomic mass is 16.6. The maximum Gasteiger partial charge on any atom is 0.311 e. The van der Waals surface area contributed by atoms with E-state index in [2.05, 4.69) is 5.32 Å². The summed E-state index contributed by atoms with van der Waals surface area (Å²) in [5, 5.41) is 13.8. The Labute approximate surface area is 157 Å². The Bertz CT molecular complexity index is 791. The number of ether oxygens (including phenoxy) is 3. The van der Waals surface area contributed by atoms with Crippen molar-refractivity contribution in [1.82, 2.24) is 5.32 Å². The van der Waals surface area contributed by atoms with Crippen molar-refractivity contribution in [3.63, 3.8) is 0 Å². The van der Waals surface area contributed by atoms with Crippen molar-refractivity contribution in [3.05, 3.63) is 58.1 Å². The van der Waals surface area contributed by atoms with Crippen molar-refractivity contribution in [3.8, 4) is 17.2 Å². The fourth-order valence-electron chi connectivity index (χ4n) is 2.54. The van der Waals surface area contributed by atoms with Crippen LogP contribution in [-0.2, 0) is 4.79 Å². The molecule has 0 aliphatic heterocycles. The van der Waals surface area contributed by atoms with Crippen molar-refractivity contribution in [2.24, 2.45) is 0 Å². The van der Waals surface area contributed by atoms with Crippen LogP contribution >= 0.6 is 0 Å². The number of benzene rings is 2. The van der Waals surface area contributed by atoms with Crippen molar-refractivity contribution in [1.29, 1.82) is 0 Å². The van der Waals surface area contributed by atoms with Crippen LogP contribution in [-0.4, -0.2) is 31.7 Å². The molecule has 2 aromatic rings. The molecule has 0 aromatic heterocycles. The number of nitrogens with one attached hydrogen (secondary N) is 1. The predicted molar refractivity (Wildman–Crippen MR) is 99.3 cm³/mol. The van der Waals surface area contributed by atoms with Gasteiger partial charge in [-0.05, 0) is 30.2 Å². The van der Waals surface area contributed by atoms with Crippen LogP contribution in [0.2, 0.25) is 0 Å². The first-order chi connectivity index (χ1) is 13.0. The van der Waals surface area contributed by atoms with Gasteiger partial charge in [0.05, 0.1) is 25.2 Å². The van der Waals surface area contributed by atoms with Crippen LogP contribution < -0.4 is 19.5 Å². The summed E-state index contributed by atoms with van der Waals surface area (Å²) in [7, 11) is 2.93. The summed E-state index contributed by atoms with van der Waals surface area (Å²) in [4.78, 5) is 22.6. The van der Waals surface area contributed by atoms with Gasteiger partial charge in [0.15, 0.2) is 6.61 Å². The van der Waals surface area contributed by atoms with Crippen molar-refractivity contribution >= 4 is 11.6 Å². The Morgan fingerprint density at radius 1 is 1.11 bits per heavy atom. The molecule has 0 unspecified atom stereocenters. The molecule has 144 valence electrons. The second kappa shape index (κ2) is 9.42. The van der Waals surface area contributed by atoms with Gasteiger partial charge in [0.1, 0.15) is 11.5 Å². The fraction of sp³-hybridized carbons (Fsp3) is 0.316. The lowest BCUT2D eigenvalue weighted by Crippen LogP contribution is -2.32. The molecular formula is C19H22N2O6. The maximum absolute atomic E-state index is 12.2. The Morgan fingerprint density at radius 2 is 1.78 bits per heavy atom. The molecule has 0 heterocycles. The van der Waals surface area contributed by atoms with Crippen LogP contribution in [0, 0.1) is 10.1 Å². The normalized spacial score (nSPS) is 11.4. The van der Waals surface area contributed by atoms with Crippen LogP contribution in [0.4, 0.5) is 5.69 Å². The standard InChI is InChI=1S/C19H22N2O6/c1-4-16(13-5-7-14(25-2)8-6-13)20-19(22)12-27-15-9-10-17(21(23)24)18(11-15)26-3/h5-11,16H,4,12H2,1-3H3,(H,20,22)/t16-/m1/s1. The van der Waals surface area contributed by atoms with Crippen LogP contribution in [0.25, 0.3) is 0 Å². The summed E-state index contributed by atoms with van der Waals surface area (Å²) in [6, 6.07) is 11.4. The zero-order valence-corrected chi connectivity index (χ0v) is 15.4. The summed E-state index contributed by atoms with van der Waals surface area (Å²) < 4.78 is 15.5. The van der Waals surface area contributed by atoms with E-state index in [-0.39, 0.29) is 30.0 Å². The molecule has 8 heteroatoms. The Morgan fingerprint density at radius 3 is 2.33 bits per heavy atom. The number of carbonyl (C=O) groups is 1. The highest BCUT2D eigenvalue weighted by molar-refractivity contribution is 5.78. The minimum absolute atomic E-state index is 0.0718. The molecule has 1 N–H and O–H groups in total. The second-order valence-corrected chi connectivity index (χ2v) is 5.68. The molecule has 8 nitrogen and oxygen atoms in total. The number of hydrogen-bond acceptors (Lipinski definition) is 6. The van der Waals surface area contributed by atoms with Gasteiger partial charge in [0.25, 0.3) is 5.91 Å². The SMILES string of the molecule is CC[C@@H](NC(=O)COc1ccc([N+](=O)[O-])c(OC)c1)c1ccc(OC)cc1. The zero-order valence-electron chi connectivity index (χ0n) is 15.4. The Kier molecular flexibility index (Phi) is 6.99. The number of rotatable bonds is 9. The van der Waals surface area contributed by atoms with Gasteiger partial charge >= 0.3 is 5.69 Å². The average molecular weight is 374 g/mol. The highest BCUT2D eigenvalue weighted by Crippen LogP contribution is 2.30. The molecule has 0 aliphatic carbocycles. The van der Waals surface area contributed by atoms with Gasteiger partial charge in [-0.3, -0.25) is 14.9 Å². The van der Waals surface area contributed by atoms with E-state index in [9.17, 15) is 14.9 Å². The molecule has 27 heavy (non-hydrogen) atoms. The summed E-state index contributed by atoms with van der Waals surface area (Å²) in [5.74, 6) is 0.832. The van der Waals surface area contributed by atoms with Crippen LogP contribution in [0.3, 0.4) is 0 Å². The molecular weight excluding hydrogens is 352 g/mol. The van der Waals surface area contributed by atoms with Gasteiger partial charge in [-0.1, -0.05) is 19.1 Å². The van der Waals surface area contributed by atoms with Crippen molar-refractivity contribution in [2.75, 3.05) is 20.8 Å². The third-order valence-corrected chi connectivity index (χ3v) is 3.98. The van der Waals surface area contributed by atoms with Crippen molar-refractivity contribution < 1.29 is 23.9 Å². The van der Waals surface area contributed by atoms with Crippen LogP contribution in [0.1, 0.15) is 24.9 Å². The van der Waals surface area contributed by atoms with E-state index in [1.165, 1.54) is 25.3 Å². The Hall–Kier alpha value is -3.29. The molecule has 0 fully saturated rings. The smallest absolute Gasteiger partial charge is 0.311 e. The Balaban J connectivity index is 1.97. The summed E-state index contributed by atoms with van der Waals surface area (Å²) in [6.07, 6.45) is 0.712. The van der Waals surface area contributed by atoms with E-state index in [1.807, 2.05) is 31.2 Å². The number of carbonyl (C=O) groups excluding carboxylic acids is 1. The quantitative estimate of drug-likeness (QED) is 0.534. The van der Waals surface area contributed by atoms with Crippen molar-refractivity contribution in [2.45, 2.75) is 19.4 Å². The molecule has 0 bridgehead atoms. The molecule has 2 aromatic carbocycles. The number of nitro benzene ring substituents is 1. The molecule has 0 aliphatic rings. The second-order valence-electron chi connectivity index (χ2n) is 5.68. The third-order valence-electron chi connectivity index (χ3n) is 3.98. The molecule has 1 atom stereocenters. The first-order valence-corrected chi connectivity index (χ1v) is 8.37.